The van der Waals surface area contributed by atoms with Crippen LogP contribution in [0.5, 0.6) is 0 Å². The summed E-state index contributed by atoms with van der Waals surface area (Å²) in [6.45, 7) is 4.14. The van der Waals surface area contributed by atoms with Crippen molar-refractivity contribution in [2.24, 2.45) is 5.73 Å². The molecule has 1 rings (SSSR count). The minimum absolute atomic E-state index is 0. The largest absolute Gasteiger partial charge is 0.378 e. The van der Waals surface area contributed by atoms with Crippen molar-refractivity contribution in [2.75, 3.05) is 25.5 Å². The molecule has 1 aromatic carbocycles. The van der Waals surface area contributed by atoms with Crippen LogP contribution < -0.4 is 15.4 Å². The van der Waals surface area contributed by atoms with E-state index in [-0.39, 0.29) is 23.8 Å². The van der Waals surface area contributed by atoms with Crippen LogP contribution in [0.1, 0.15) is 26.7 Å². The van der Waals surface area contributed by atoms with E-state index in [0.29, 0.717) is 17.3 Å². The van der Waals surface area contributed by atoms with Crippen molar-refractivity contribution in [1.82, 2.24) is 4.72 Å². The molecule has 0 fully saturated rings. The van der Waals surface area contributed by atoms with Crippen LogP contribution in [-0.4, -0.2) is 34.6 Å². The van der Waals surface area contributed by atoms with Gasteiger partial charge in [0.05, 0.1) is 4.90 Å². The van der Waals surface area contributed by atoms with E-state index in [1.165, 1.54) is 0 Å². The summed E-state index contributed by atoms with van der Waals surface area (Å²) in [6, 6.07) is 5.25. The molecule has 3 N–H and O–H groups in total. The summed E-state index contributed by atoms with van der Waals surface area (Å²) < 4.78 is 28.7. The fourth-order valence-corrected chi connectivity index (χ4v) is 4.58. The van der Waals surface area contributed by atoms with E-state index in [9.17, 15) is 8.42 Å². The molecule has 5 nitrogen and oxygen atoms in total. The molecule has 0 radical (unpaired) electrons. The average Bonchev–Trinajstić information content (AvgIpc) is 2.45. The molecule has 0 saturated carbocycles. The normalized spacial score (nSPS) is 11.9. The summed E-state index contributed by atoms with van der Waals surface area (Å²) in [6.07, 6.45) is 1.29. The molecular formula is C14H25BrClN3O2S. The Morgan fingerprint density at radius 3 is 2.23 bits per heavy atom. The van der Waals surface area contributed by atoms with Crippen LogP contribution in [-0.2, 0) is 10.0 Å². The molecule has 0 aromatic heterocycles. The zero-order valence-electron chi connectivity index (χ0n) is 13.4. The summed E-state index contributed by atoms with van der Waals surface area (Å²) in [5.74, 6) is 0. The zero-order chi connectivity index (χ0) is 16.3. The molecule has 22 heavy (non-hydrogen) atoms. The van der Waals surface area contributed by atoms with Gasteiger partial charge in [0.1, 0.15) is 0 Å². The third-order valence-electron chi connectivity index (χ3n) is 3.82. The van der Waals surface area contributed by atoms with Gasteiger partial charge in [-0.1, -0.05) is 13.8 Å². The van der Waals surface area contributed by atoms with Crippen molar-refractivity contribution in [2.45, 2.75) is 37.1 Å². The summed E-state index contributed by atoms with van der Waals surface area (Å²) in [5.41, 5.74) is 6.00. The second kappa shape index (κ2) is 8.49. The lowest BCUT2D eigenvalue weighted by Crippen LogP contribution is -2.52. The van der Waals surface area contributed by atoms with Gasteiger partial charge in [0.15, 0.2) is 0 Å². The van der Waals surface area contributed by atoms with Gasteiger partial charge in [-0.3, -0.25) is 0 Å². The molecular weight excluding hydrogens is 390 g/mol. The van der Waals surface area contributed by atoms with Crippen LogP contribution in [0.4, 0.5) is 5.69 Å². The van der Waals surface area contributed by atoms with Crippen molar-refractivity contribution in [3.05, 3.63) is 22.7 Å². The Labute approximate surface area is 148 Å². The van der Waals surface area contributed by atoms with Crippen molar-refractivity contribution in [3.8, 4) is 0 Å². The third-order valence-corrected chi connectivity index (χ3v) is 6.39. The smallest absolute Gasteiger partial charge is 0.242 e. The van der Waals surface area contributed by atoms with Crippen LogP contribution in [0.2, 0.25) is 0 Å². The van der Waals surface area contributed by atoms with Crippen molar-refractivity contribution >= 4 is 44.0 Å². The number of nitrogens with two attached hydrogens (primary N) is 1. The predicted octanol–water partition coefficient (Wildman–Crippen LogP) is 2.73. The number of rotatable bonds is 7. The number of nitrogens with zero attached hydrogens (tertiary/aromatic N) is 1. The highest BCUT2D eigenvalue weighted by molar-refractivity contribution is 9.10. The second-order valence-electron chi connectivity index (χ2n) is 5.31. The van der Waals surface area contributed by atoms with Gasteiger partial charge in [-0.15, -0.1) is 12.4 Å². The Morgan fingerprint density at radius 1 is 1.27 bits per heavy atom. The Bertz CT molecular complexity index is 581. The Morgan fingerprint density at radius 2 is 1.82 bits per heavy atom. The quantitative estimate of drug-likeness (QED) is 0.719. The van der Waals surface area contributed by atoms with Gasteiger partial charge >= 0.3 is 0 Å². The van der Waals surface area contributed by atoms with E-state index in [2.05, 4.69) is 20.7 Å². The standard InChI is InChI=1S/C14H24BrN3O2S.ClH/c1-5-14(6-2,10-16)17-21(19,20)13-9-11(18(3)4)7-8-12(13)15;/h7-9,17H,5-6,10,16H2,1-4H3;1H. The van der Waals surface area contributed by atoms with E-state index in [0.717, 1.165) is 5.69 Å². The van der Waals surface area contributed by atoms with Crippen molar-refractivity contribution in [3.63, 3.8) is 0 Å². The molecule has 1 aromatic rings. The molecule has 8 heteroatoms. The maximum atomic E-state index is 12.7. The van der Waals surface area contributed by atoms with Gasteiger partial charge in [-0.25, -0.2) is 13.1 Å². The van der Waals surface area contributed by atoms with E-state index in [1.807, 2.05) is 38.9 Å². The van der Waals surface area contributed by atoms with Gasteiger partial charge in [0.25, 0.3) is 0 Å². The molecule has 0 heterocycles. The highest BCUT2D eigenvalue weighted by Gasteiger charge is 2.31. The van der Waals surface area contributed by atoms with Crippen LogP contribution in [0.25, 0.3) is 0 Å². The first-order chi connectivity index (χ1) is 9.71. The van der Waals surface area contributed by atoms with E-state index >= 15 is 0 Å². The van der Waals surface area contributed by atoms with E-state index in [4.69, 9.17) is 5.73 Å². The van der Waals surface area contributed by atoms with Crippen LogP contribution in [0.3, 0.4) is 0 Å². The van der Waals surface area contributed by atoms with Crippen LogP contribution in [0.15, 0.2) is 27.6 Å². The maximum Gasteiger partial charge on any atom is 0.242 e. The first-order valence-electron chi connectivity index (χ1n) is 6.92. The number of sulfonamides is 1. The first-order valence-corrected chi connectivity index (χ1v) is 9.20. The van der Waals surface area contributed by atoms with Gasteiger partial charge in [0.2, 0.25) is 10.0 Å². The van der Waals surface area contributed by atoms with Crippen molar-refractivity contribution in [1.29, 1.82) is 0 Å². The Balaban J connectivity index is 0.00000441. The number of anilines is 1. The molecule has 0 atom stereocenters. The summed E-state index contributed by atoms with van der Waals surface area (Å²) >= 11 is 3.32. The lowest BCUT2D eigenvalue weighted by atomic mass is 9.95. The molecule has 0 aliphatic rings. The number of hydrogen-bond donors (Lipinski definition) is 2. The van der Waals surface area contributed by atoms with E-state index in [1.54, 1.807) is 12.1 Å². The average molecular weight is 415 g/mol. The summed E-state index contributed by atoms with van der Waals surface area (Å²) in [4.78, 5) is 2.09. The molecule has 0 unspecified atom stereocenters. The highest BCUT2D eigenvalue weighted by Crippen LogP contribution is 2.28. The maximum absolute atomic E-state index is 12.7. The van der Waals surface area contributed by atoms with Crippen molar-refractivity contribution < 1.29 is 8.42 Å². The minimum atomic E-state index is -3.64. The zero-order valence-corrected chi connectivity index (χ0v) is 16.6. The number of halogens is 2. The van der Waals surface area contributed by atoms with Crippen LogP contribution >= 0.6 is 28.3 Å². The van der Waals surface area contributed by atoms with Crippen LogP contribution in [0, 0.1) is 0 Å². The van der Waals surface area contributed by atoms with Gasteiger partial charge in [-0.05, 0) is 47.0 Å². The van der Waals surface area contributed by atoms with Gasteiger partial charge < -0.3 is 10.6 Å². The molecule has 128 valence electrons. The molecule has 0 aliphatic heterocycles. The number of benzene rings is 1. The lowest BCUT2D eigenvalue weighted by molar-refractivity contribution is 0.363. The number of nitrogens with one attached hydrogen (secondary N) is 1. The Hall–Kier alpha value is -0.340. The SMILES string of the molecule is CCC(CC)(CN)NS(=O)(=O)c1cc(N(C)C)ccc1Br.Cl. The van der Waals surface area contributed by atoms with Gasteiger partial charge in [-0.2, -0.15) is 0 Å². The topological polar surface area (TPSA) is 75.4 Å². The summed E-state index contributed by atoms with van der Waals surface area (Å²) in [5, 5.41) is 0. The summed E-state index contributed by atoms with van der Waals surface area (Å²) in [7, 11) is 0.0963. The fraction of sp³-hybridized carbons (Fsp3) is 0.571. The monoisotopic (exact) mass is 413 g/mol. The second-order valence-corrected chi connectivity index (χ2v) is 7.81. The predicted molar refractivity (Wildman–Crippen MR) is 98.4 cm³/mol. The third kappa shape index (κ3) is 4.83. The van der Waals surface area contributed by atoms with Gasteiger partial charge in [0, 0.05) is 36.3 Å². The highest BCUT2D eigenvalue weighted by atomic mass is 79.9. The molecule has 0 aliphatic carbocycles. The minimum Gasteiger partial charge on any atom is -0.378 e. The molecule has 0 bridgehead atoms. The molecule has 0 amide bonds. The first kappa shape index (κ1) is 21.7. The lowest BCUT2D eigenvalue weighted by Gasteiger charge is -2.31. The molecule has 0 spiro atoms. The number of hydrogen-bond acceptors (Lipinski definition) is 4. The Kier molecular flexibility index (Phi) is 8.36. The van der Waals surface area contributed by atoms with E-state index < -0.39 is 15.6 Å². The molecule has 0 saturated heterocycles. The fourth-order valence-electron chi connectivity index (χ4n) is 2.04.